The van der Waals surface area contributed by atoms with Crippen LogP contribution in [0.2, 0.25) is 10.0 Å². The van der Waals surface area contributed by atoms with Crippen molar-refractivity contribution in [2.75, 3.05) is 45.2 Å². The number of ether oxygens (including phenoxy) is 2. The number of anilines is 1. The first-order valence-corrected chi connectivity index (χ1v) is 20.6. The average Bonchev–Trinajstić information content (AvgIpc) is 3.86. The highest BCUT2D eigenvalue weighted by Gasteiger charge is 2.39. The fourth-order valence-corrected chi connectivity index (χ4v) is 9.74. The van der Waals surface area contributed by atoms with E-state index in [9.17, 15) is 9.90 Å². The molecule has 13 heteroatoms. The van der Waals surface area contributed by atoms with E-state index >= 15 is 4.79 Å². The number of aryl methyl sites for hydroxylation is 6. The van der Waals surface area contributed by atoms with Gasteiger partial charge in [0.05, 0.1) is 54.7 Å². The van der Waals surface area contributed by atoms with Gasteiger partial charge in [0, 0.05) is 71.8 Å². The van der Waals surface area contributed by atoms with Gasteiger partial charge in [0.25, 0.3) is 5.91 Å². The molecule has 3 aromatic carbocycles. The topological polar surface area (TPSA) is 104 Å². The molecule has 58 heavy (non-hydrogen) atoms. The van der Waals surface area contributed by atoms with Gasteiger partial charge in [0.15, 0.2) is 6.10 Å². The van der Waals surface area contributed by atoms with Crippen LogP contribution in [0.25, 0.3) is 32.9 Å². The van der Waals surface area contributed by atoms with Crippen LogP contribution in [0.4, 0.5) is 5.69 Å². The molecule has 1 amide bonds. The first-order valence-electron chi connectivity index (χ1n) is 19.9. The summed E-state index contributed by atoms with van der Waals surface area (Å²) in [5, 5.41) is 17.9. The molecule has 304 valence electrons. The van der Waals surface area contributed by atoms with Crippen LogP contribution in [0.1, 0.15) is 74.9 Å². The van der Waals surface area contributed by atoms with Crippen molar-refractivity contribution in [1.82, 2.24) is 18.9 Å². The number of aromatic nitrogens is 4. The molecule has 3 aromatic heterocycles. The molecule has 8 rings (SSSR count). The SMILES string of the molecule is Cc1cc(OCCCc2c3n(c4c(-c5c(C)nn(C)c5C)c(Cl)ccc24)[C@H](C)CN(c2cc(OC4CC[N+](C)(C)C4)cc4cc(C(=O)O)n(C)c24)C3=O)cc(C)c1Cl. The van der Waals surface area contributed by atoms with Gasteiger partial charge in [-0.15, -0.1) is 0 Å². The number of benzene rings is 3. The second kappa shape index (κ2) is 14.7. The Bertz CT molecular complexity index is 2650. The fraction of sp³-hybridized carbons (Fsp3) is 0.400. The van der Waals surface area contributed by atoms with Crippen molar-refractivity contribution < 1.29 is 28.7 Å². The van der Waals surface area contributed by atoms with Crippen molar-refractivity contribution in [3.8, 4) is 22.6 Å². The summed E-state index contributed by atoms with van der Waals surface area (Å²) < 4.78 is 19.5. The highest BCUT2D eigenvalue weighted by Crippen LogP contribution is 2.46. The lowest BCUT2D eigenvalue weighted by Gasteiger charge is -2.35. The number of nitrogens with zero attached hydrogens (tertiary/aromatic N) is 6. The largest absolute Gasteiger partial charge is 0.494 e. The van der Waals surface area contributed by atoms with E-state index in [4.69, 9.17) is 37.8 Å². The molecule has 0 bridgehead atoms. The zero-order chi connectivity index (χ0) is 41.5. The number of hydrogen-bond acceptors (Lipinski definition) is 5. The first-order chi connectivity index (χ1) is 27.5. The number of rotatable bonds is 10. The second-order valence-corrected chi connectivity index (χ2v) is 17.7. The molecular weight excluding hydrogens is 775 g/mol. The number of carbonyl (C=O) groups excluding carboxylic acids is 1. The molecule has 2 atom stereocenters. The predicted octanol–water partition coefficient (Wildman–Crippen LogP) is 9.23. The molecule has 1 saturated heterocycles. The lowest BCUT2D eigenvalue weighted by atomic mass is 9.98. The number of aromatic carboxylic acids is 1. The Balaban J connectivity index is 1.27. The predicted molar refractivity (Wildman–Crippen MR) is 231 cm³/mol. The molecule has 5 heterocycles. The van der Waals surface area contributed by atoms with Crippen LogP contribution in [0.3, 0.4) is 0 Å². The van der Waals surface area contributed by atoms with Crippen LogP contribution in [-0.4, -0.2) is 86.8 Å². The highest BCUT2D eigenvalue weighted by atomic mass is 35.5. The van der Waals surface area contributed by atoms with E-state index < -0.39 is 5.97 Å². The van der Waals surface area contributed by atoms with Gasteiger partial charge >= 0.3 is 5.97 Å². The third-order valence-electron chi connectivity index (χ3n) is 12.2. The van der Waals surface area contributed by atoms with E-state index in [1.807, 2.05) is 80.7 Å². The third-order valence-corrected chi connectivity index (χ3v) is 13.1. The molecule has 0 spiro atoms. The highest BCUT2D eigenvalue weighted by molar-refractivity contribution is 6.35. The van der Waals surface area contributed by atoms with Crippen molar-refractivity contribution >= 4 is 62.6 Å². The molecule has 2 aliphatic heterocycles. The number of carboxylic acid groups (broad SMARTS) is 1. The summed E-state index contributed by atoms with van der Waals surface area (Å²) in [6.45, 7) is 12.7. The van der Waals surface area contributed by atoms with Crippen molar-refractivity contribution in [1.29, 1.82) is 0 Å². The van der Waals surface area contributed by atoms with Crippen molar-refractivity contribution in [3.05, 3.63) is 92.0 Å². The molecular formula is C45H51Cl2N6O5+. The van der Waals surface area contributed by atoms with Crippen molar-refractivity contribution in [2.45, 2.75) is 66.0 Å². The summed E-state index contributed by atoms with van der Waals surface area (Å²) in [5.74, 6) is 0.153. The zero-order valence-electron chi connectivity index (χ0n) is 34.7. The van der Waals surface area contributed by atoms with Gasteiger partial charge in [-0.3, -0.25) is 9.48 Å². The minimum atomic E-state index is -1.04. The van der Waals surface area contributed by atoms with Crippen molar-refractivity contribution in [3.63, 3.8) is 0 Å². The normalized spacial score (nSPS) is 17.8. The lowest BCUT2D eigenvalue weighted by Crippen LogP contribution is -2.43. The number of carboxylic acids is 1. The lowest BCUT2D eigenvalue weighted by molar-refractivity contribution is -0.879. The number of carbonyl (C=O) groups is 2. The maximum Gasteiger partial charge on any atom is 0.352 e. The van der Waals surface area contributed by atoms with Crippen LogP contribution in [0, 0.1) is 27.7 Å². The summed E-state index contributed by atoms with van der Waals surface area (Å²) >= 11 is 13.6. The number of fused-ring (bicyclic) bond motifs is 4. The smallest absolute Gasteiger partial charge is 0.352 e. The van der Waals surface area contributed by atoms with Gasteiger partial charge in [0.1, 0.15) is 29.4 Å². The number of amides is 1. The van der Waals surface area contributed by atoms with Gasteiger partial charge in [-0.1, -0.05) is 29.3 Å². The summed E-state index contributed by atoms with van der Waals surface area (Å²) in [5.41, 5.74) is 9.35. The van der Waals surface area contributed by atoms with Crippen LogP contribution >= 0.6 is 23.2 Å². The number of quaternary nitrogens is 1. The first kappa shape index (κ1) is 39.8. The summed E-state index contributed by atoms with van der Waals surface area (Å²) in [4.78, 5) is 29.7. The molecule has 6 aromatic rings. The Morgan fingerprint density at radius 1 is 0.983 bits per heavy atom. The van der Waals surface area contributed by atoms with E-state index in [1.165, 1.54) is 0 Å². The molecule has 1 N–H and O–H groups in total. The Morgan fingerprint density at radius 3 is 2.34 bits per heavy atom. The third kappa shape index (κ3) is 6.70. The second-order valence-electron chi connectivity index (χ2n) is 16.9. The van der Waals surface area contributed by atoms with Gasteiger partial charge in [-0.05, 0) is 94.5 Å². The Kier molecular flexibility index (Phi) is 10.1. The van der Waals surface area contributed by atoms with Crippen LogP contribution in [0.5, 0.6) is 11.5 Å². The quantitative estimate of drug-likeness (QED) is 0.109. The van der Waals surface area contributed by atoms with Gasteiger partial charge in [-0.2, -0.15) is 5.10 Å². The molecule has 2 aliphatic rings. The van der Waals surface area contributed by atoms with Gasteiger partial charge in [-0.25, -0.2) is 4.79 Å². The van der Waals surface area contributed by atoms with Gasteiger partial charge < -0.3 is 33.1 Å². The molecule has 0 aliphatic carbocycles. The maximum absolute atomic E-state index is 15.5. The monoisotopic (exact) mass is 825 g/mol. The van der Waals surface area contributed by atoms with E-state index in [-0.39, 0.29) is 23.7 Å². The maximum atomic E-state index is 15.5. The molecule has 0 saturated carbocycles. The Hall–Kier alpha value is -4.97. The Morgan fingerprint density at radius 2 is 1.71 bits per heavy atom. The van der Waals surface area contributed by atoms with E-state index in [1.54, 1.807) is 17.7 Å². The molecule has 11 nitrogen and oxygen atoms in total. The standard InChI is InChI=1S/C45H50Cl2N6O5/c1-24-17-31(18-25(2)40(24)47)57-16-10-11-33-34-12-13-35(46)39(38-27(4)48-50(7)28(38)5)42(34)52-26(3)22-51(44(54)43(33)52)36-21-32(58-30-14-15-53(8,9)23-30)19-29-20-37(45(55)56)49(6)41(29)36/h12-13,17-21,26,30H,10-11,14-16,22-23H2,1-9H3/p+1/t26-,30?/m1/s1. The summed E-state index contributed by atoms with van der Waals surface area (Å²) in [6, 6.07) is 13.2. The van der Waals surface area contributed by atoms with E-state index in [0.717, 1.165) is 84.9 Å². The summed E-state index contributed by atoms with van der Waals surface area (Å²) in [6.07, 6.45) is 2.10. The molecule has 1 unspecified atom stereocenters. The summed E-state index contributed by atoms with van der Waals surface area (Å²) in [7, 11) is 8.06. The zero-order valence-corrected chi connectivity index (χ0v) is 36.2. The number of likely N-dealkylation sites (tertiary alicyclic amines) is 1. The Labute approximate surface area is 348 Å². The van der Waals surface area contributed by atoms with Crippen LogP contribution < -0.4 is 14.4 Å². The van der Waals surface area contributed by atoms with Gasteiger partial charge in [0.2, 0.25) is 0 Å². The van der Waals surface area contributed by atoms with Crippen LogP contribution in [-0.2, 0) is 20.5 Å². The van der Waals surface area contributed by atoms with E-state index in [0.29, 0.717) is 59.0 Å². The average molecular weight is 827 g/mol. The van der Waals surface area contributed by atoms with Crippen molar-refractivity contribution in [2.24, 2.45) is 14.1 Å². The minimum absolute atomic E-state index is 0.00134. The minimum Gasteiger partial charge on any atom is -0.494 e. The van der Waals surface area contributed by atoms with Crippen LogP contribution in [0.15, 0.2) is 42.5 Å². The molecule has 1 fully saturated rings. The number of likely N-dealkylation sites (N-methyl/N-ethyl adjacent to an activating group) is 1. The number of hydrogen-bond donors (Lipinski definition) is 1. The number of halogens is 2. The van der Waals surface area contributed by atoms with E-state index in [2.05, 4.69) is 25.6 Å². The fourth-order valence-electron chi connectivity index (χ4n) is 9.39. The molecule has 0 radical (unpaired) electrons.